The number of benzene rings is 2. The fraction of sp³-hybridized carbons (Fsp3) is 0.472. The number of nitrogens with zero attached hydrogens (tertiary/aromatic N) is 1. The highest BCUT2D eigenvalue weighted by Gasteiger charge is 2.49. The minimum Gasteiger partial charge on any atom is -0.481 e. The molecule has 0 saturated heterocycles. The van der Waals surface area contributed by atoms with Crippen molar-refractivity contribution in [3.63, 3.8) is 0 Å². The third-order valence-corrected chi connectivity index (χ3v) is 10.2. The van der Waals surface area contributed by atoms with E-state index in [1.165, 1.54) is 0 Å². The van der Waals surface area contributed by atoms with Crippen molar-refractivity contribution in [2.75, 3.05) is 18.5 Å². The molecular weight excluding hydrogens is 684 g/mol. The lowest BCUT2D eigenvalue weighted by atomic mass is 9.63. The van der Waals surface area contributed by atoms with Gasteiger partial charge in [-0.2, -0.15) is 0 Å². The third kappa shape index (κ3) is 6.34. The van der Waals surface area contributed by atoms with E-state index in [4.69, 9.17) is 4.74 Å². The van der Waals surface area contributed by atoms with Gasteiger partial charge < -0.3 is 15.0 Å². The predicted molar refractivity (Wildman–Crippen MR) is 182 cm³/mol. The maximum atomic E-state index is 14.0. The van der Waals surface area contributed by atoms with E-state index < -0.39 is 5.92 Å². The van der Waals surface area contributed by atoms with Gasteiger partial charge in [-0.1, -0.05) is 46.8 Å². The second-order valence-electron chi connectivity index (χ2n) is 14.1. The average Bonchev–Trinajstić information content (AvgIpc) is 2.90. The molecular formula is C36H42Br2N2O4. The van der Waals surface area contributed by atoms with Gasteiger partial charge in [0, 0.05) is 53.5 Å². The second kappa shape index (κ2) is 12.2. The normalized spacial score (nSPS) is 19.6. The van der Waals surface area contributed by atoms with Crippen LogP contribution in [0.4, 0.5) is 5.69 Å². The molecule has 0 saturated carbocycles. The number of allylic oxidation sites excluding steroid dienone is 4. The van der Waals surface area contributed by atoms with E-state index in [-0.39, 0.29) is 34.9 Å². The molecule has 3 aliphatic rings. The van der Waals surface area contributed by atoms with Crippen LogP contribution in [0, 0.1) is 24.7 Å². The highest BCUT2D eigenvalue weighted by atomic mass is 79.9. The largest absolute Gasteiger partial charge is 0.481 e. The number of anilines is 1. The molecule has 0 aromatic heterocycles. The number of hydrogen-bond donors (Lipinski definition) is 1. The van der Waals surface area contributed by atoms with Crippen molar-refractivity contribution < 1.29 is 19.1 Å². The Morgan fingerprint density at radius 2 is 1.48 bits per heavy atom. The first-order chi connectivity index (χ1) is 20.6. The van der Waals surface area contributed by atoms with Crippen molar-refractivity contribution in [2.24, 2.45) is 10.8 Å². The molecule has 0 spiro atoms. The van der Waals surface area contributed by atoms with Crippen LogP contribution in [0.2, 0.25) is 0 Å². The summed E-state index contributed by atoms with van der Waals surface area (Å²) in [6.07, 6.45) is 3.39. The number of halogens is 2. The maximum absolute atomic E-state index is 14.0. The number of amides is 1. The van der Waals surface area contributed by atoms with E-state index in [2.05, 4.69) is 76.7 Å². The number of Topliss-reactive ketones (excluding diaryl/α,β-unsaturated/α-hetero) is 2. The Labute approximate surface area is 277 Å². The van der Waals surface area contributed by atoms with Crippen molar-refractivity contribution in [2.45, 2.75) is 86.5 Å². The summed E-state index contributed by atoms with van der Waals surface area (Å²) < 4.78 is 7.30. The van der Waals surface area contributed by atoms with E-state index in [1.54, 1.807) is 0 Å². The standard InChI is InChI=1S/C36H42Br2N2O4/c1-8-12-40-26-15-35(4,5)17-28(41)32(26)31(33-27(40)16-36(6,7)18-29(33)42)22-13-23(37)34(24(38)14-22)44-19-30(43)39-25-11-9-10-20(2)21(25)3/h9-11,13-14,31H,8,12,15-19H2,1-7H3,(H,39,43). The summed E-state index contributed by atoms with van der Waals surface area (Å²) in [5.41, 5.74) is 7.06. The SMILES string of the molecule is CCCN1C2=C(C(=O)CC(C)(C)C2)C(c2cc(Br)c(OCC(=O)Nc3cccc(C)c3C)c(Br)c2)C2=C1CC(C)(C)CC2=O. The first kappa shape index (κ1) is 32.7. The number of nitrogens with one attached hydrogen (secondary N) is 1. The summed E-state index contributed by atoms with van der Waals surface area (Å²) in [6, 6.07) is 9.68. The van der Waals surface area contributed by atoms with Gasteiger partial charge in [-0.15, -0.1) is 0 Å². The van der Waals surface area contributed by atoms with Crippen molar-refractivity contribution >= 4 is 55.0 Å². The molecule has 1 heterocycles. The fourth-order valence-electron chi connectivity index (χ4n) is 6.97. The van der Waals surface area contributed by atoms with Gasteiger partial charge in [0.1, 0.15) is 5.75 Å². The van der Waals surface area contributed by atoms with E-state index >= 15 is 0 Å². The summed E-state index contributed by atoms with van der Waals surface area (Å²) in [5, 5.41) is 2.94. The van der Waals surface area contributed by atoms with E-state index in [1.807, 2.05) is 44.2 Å². The predicted octanol–water partition coefficient (Wildman–Crippen LogP) is 8.94. The van der Waals surface area contributed by atoms with E-state index in [0.29, 0.717) is 27.5 Å². The molecule has 2 aromatic rings. The zero-order valence-corrected chi connectivity index (χ0v) is 29.9. The molecule has 0 atom stereocenters. The first-order valence-electron chi connectivity index (χ1n) is 15.4. The molecule has 0 fully saturated rings. The number of hydrogen-bond acceptors (Lipinski definition) is 5. The smallest absolute Gasteiger partial charge is 0.262 e. The first-order valence-corrected chi connectivity index (χ1v) is 17.0. The van der Waals surface area contributed by atoms with Gasteiger partial charge >= 0.3 is 0 Å². The van der Waals surface area contributed by atoms with Crippen molar-refractivity contribution in [3.8, 4) is 5.75 Å². The minimum atomic E-state index is -0.449. The van der Waals surface area contributed by atoms with Crippen LogP contribution in [0.3, 0.4) is 0 Å². The van der Waals surface area contributed by atoms with Gasteiger partial charge in [-0.05, 0) is 111 Å². The Kier molecular flexibility index (Phi) is 9.09. The Bertz CT molecular complexity index is 1540. The van der Waals surface area contributed by atoms with Gasteiger partial charge in [0.05, 0.1) is 8.95 Å². The summed E-state index contributed by atoms with van der Waals surface area (Å²) in [7, 11) is 0. The second-order valence-corrected chi connectivity index (χ2v) is 15.8. The van der Waals surface area contributed by atoms with E-state index in [9.17, 15) is 14.4 Å². The molecule has 0 bridgehead atoms. The number of ether oxygens (including phenoxy) is 1. The lowest BCUT2D eigenvalue weighted by Gasteiger charge is -2.49. The molecule has 1 aliphatic heterocycles. The quantitative estimate of drug-likeness (QED) is 0.309. The number of carbonyl (C=O) groups is 3. The molecule has 1 N–H and O–H groups in total. The Hall–Kier alpha value is -2.71. The van der Waals surface area contributed by atoms with Crippen LogP contribution in [-0.4, -0.2) is 35.5 Å². The van der Waals surface area contributed by atoms with E-state index in [0.717, 1.165) is 70.7 Å². The molecule has 0 radical (unpaired) electrons. The highest BCUT2D eigenvalue weighted by Crippen LogP contribution is 2.55. The van der Waals surface area contributed by atoms with Gasteiger partial charge in [0.2, 0.25) is 0 Å². The Balaban J connectivity index is 1.53. The molecule has 5 rings (SSSR count). The lowest BCUT2D eigenvalue weighted by Crippen LogP contribution is -2.44. The molecule has 0 unspecified atom stereocenters. The van der Waals surface area contributed by atoms with Crippen molar-refractivity contribution in [3.05, 3.63) is 78.5 Å². The van der Waals surface area contributed by atoms with Crippen LogP contribution in [0.5, 0.6) is 5.75 Å². The third-order valence-electron chi connectivity index (χ3n) is 9.05. The molecule has 234 valence electrons. The molecule has 6 nitrogen and oxygen atoms in total. The summed E-state index contributed by atoms with van der Waals surface area (Å²) in [4.78, 5) is 43.1. The summed E-state index contributed by atoms with van der Waals surface area (Å²) in [5.74, 6) is 0.00296. The van der Waals surface area contributed by atoms with Gasteiger partial charge in [0.15, 0.2) is 18.2 Å². The number of ketones is 2. The molecule has 8 heteroatoms. The summed E-state index contributed by atoms with van der Waals surface area (Å²) in [6.45, 7) is 15.4. The van der Waals surface area contributed by atoms with Crippen LogP contribution in [0.15, 0.2) is 61.8 Å². The Morgan fingerprint density at radius 1 is 0.932 bits per heavy atom. The van der Waals surface area contributed by atoms with Crippen LogP contribution >= 0.6 is 31.9 Å². The van der Waals surface area contributed by atoms with Crippen LogP contribution in [-0.2, 0) is 14.4 Å². The maximum Gasteiger partial charge on any atom is 0.262 e. The highest BCUT2D eigenvalue weighted by molar-refractivity contribution is 9.11. The summed E-state index contributed by atoms with van der Waals surface area (Å²) >= 11 is 7.37. The van der Waals surface area contributed by atoms with Gasteiger partial charge in [0.25, 0.3) is 5.91 Å². The van der Waals surface area contributed by atoms with Crippen molar-refractivity contribution in [1.29, 1.82) is 0 Å². The number of aryl methyl sites for hydroxylation is 1. The van der Waals surface area contributed by atoms with Gasteiger partial charge in [-0.25, -0.2) is 0 Å². The van der Waals surface area contributed by atoms with Gasteiger partial charge in [-0.3, -0.25) is 14.4 Å². The zero-order valence-electron chi connectivity index (χ0n) is 26.7. The number of carbonyl (C=O) groups excluding carboxylic acids is 3. The minimum absolute atomic E-state index is 0.113. The fourth-order valence-corrected chi connectivity index (χ4v) is 8.42. The van der Waals surface area contributed by atoms with Crippen LogP contribution in [0.25, 0.3) is 0 Å². The number of rotatable bonds is 7. The molecule has 44 heavy (non-hydrogen) atoms. The molecule has 1 amide bonds. The monoisotopic (exact) mass is 724 g/mol. The molecule has 2 aromatic carbocycles. The van der Waals surface area contributed by atoms with Crippen LogP contribution in [0.1, 0.15) is 89.3 Å². The average molecular weight is 727 g/mol. The van der Waals surface area contributed by atoms with Crippen LogP contribution < -0.4 is 10.1 Å². The molecule has 2 aliphatic carbocycles. The Morgan fingerprint density at radius 3 is 2.00 bits per heavy atom. The topological polar surface area (TPSA) is 75.7 Å². The van der Waals surface area contributed by atoms with Crippen molar-refractivity contribution in [1.82, 2.24) is 4.90 Å². The zero-order chi connectivity index (χ0) is 32.1. The lowest BCUT2D eigenvalue weighted by molar-refractivity contribution is -0.120.